The van der Waals surface area contributed by atoms with Crippen molar-refractivity contribution in [1.29, 1.82) is 0 Å². The monoisotopic (exact) mass is 272 g/mol. The first kappa shape index (κ1) is 14.1. The fraction of sp³-hybridized carbons (Fsp3) is 0.667. The molecule has 0 heterocycles. The van der Waals surface area contributed by atoms with Crippen LogP contribution >= 0.6 is 0 Å². The smallest absolute Gasteiger partial charge is 0.0233 e. The Kier molecular flexibility index (Phi) is 4.74. The third-order valence-corrected chi connectivity index (χ3v) is 4.79. The molecule has 1 N–H and O–H groups in total. The van der Waals surface area contributed by atoms with E-state index < -0.39 is 0 Å². The van der Waals surface area contributed by atoms with Crippen LogP contribution in [0.2, 0.25) is 0 Å². The van der Waals surface area contributed by atoms with Gasteiger partial charge in [0, 0.05) is 25.2 Å². The molecular formula is C18H28N2. The molecule has 3 rings (SSSR count). The fourth-order valence-electron chi connectivity index (χ4n) is 3.33. The maximum absolute atomic E-state index is 3.60. The lowest BCUT2D eigenvalue weighted by Crippen LogP contribution is -2.32. The van der Waals surface area contributed by atoms with Gasteiger partial charge in [-0.1, -0.05) is 43.5 Å². The largest absolute Gasteiger partial charge is 0.310 e. The van der Waals surface area contributed by atoms with Gasteiger partial charge in [-0.2, -0.15) is 0 Å². The second-order valence-corrected chi connectivity index (χ2v) is 6.68. The van der Waals surface area contributed by atoms with Gasteiger partial charge in [0.25, 0.3) is 0 Å². The molecule has 2 aliphatic carbocycles. The first-order valence-corrected chi connectivity index (χ1v) is 8.33. The van der Waals surface area contributed by atoms with E-state index >= 15 is 0 Å². The van der Waals surface area contributed by atoms with Crippen LogP contribution < -0.4 is 5.32 Å². The van der Waals surface area contributed by atoms with Gasteiger partial charge in [-0.05, 0) is 43.9 Å². The van der Waals surface area contributed by atoms with Crippen LogP contribution in [0.3, 0.4) is 0 Å². The molecule has 0 saturated heterocycles. The maximum atomic E-state index is 3.60. The second kappa shape index (κ2) is 6.73. The Morgan fingerprint density at radius 3 is 2.55 bits per heavy atom. The highest BCUT2D eigenvalue weighted by atomic mass is 15.1. The number of rotatable bonds is 6. The lowest BCUT2D eigenvalue weighted by molar-refractivity contribution is 0.184. The van der Waals surface area contributed by atoms with Crippen molar-refractivity contribution in [2.75, 3.05) is 7.05 Å². The summed E-state index contributed by atoms with van der Waals surface area (Å²) in [6, 6.07) is 10.7. The molecule has 0 amide bonds. The first-order valence-electron chi connectivity index (χ1n) is 8.33. The summed E-state index contributed by atoms with van der Waals surface area (Å²) >= 11 is 0. The van der Waals surface area contributed by atoms with Crippen molar-refractivity contribution in [2.45, 2.75) is 70.1 Å². The molecule has 0 unspecified atom stereocenters. The summed E-state index contributed by atoms with van der Waals surface area (Å²) in [5.74, 6) is 0. The quantitative estimate of drug-likeness (QED) is 0.849. The van der Waals surface area contributed by atoms with Crippen LogP contribution in [-0.2, 0) is 13.1 Å². The molecule has 1 aromatic rings. The van der Waals surface area contributed by atoms with E-state index in [9.17, 15) is 0 Å². The Morgan fingerprint density at radius 1 is 1.05 bits per heavy atom. The Labute approximate surface area is 123 Å². The average molecular weight is 272 g/mol. The minimum absolute atomic E-state index is 0.795. The van der Waals surface area contributed by atoms with Crippen LogP contribution in [0.1, 0.15) is 56.1 Å². The number of hydrogen-bond acceptors (Lipinski definition) is 2. The van der Waals surface area contributed by atoms with Crippen molar-refractivity contribution in [2.24, 2.45) is 0 Å². The van der Waals surface area contributed by atoms with Crippen molar-refractivity contribution in [3.8, 4) is 0 Å². The van der Waals surface area contributed by atoms with Crippen molar-refractivity contribution in [3.63, 3.8) is 0 Å². The molecular weight excluding hydrogens is 244 g/mol. The molecule has 1 aromatic carbocycles. The third-order valence-electron chi connectivity index (χ3n) is 4.79. The van der Waals surface area contributed by atoms with Crippen LogP contribution in [0.25, 0.3) is 0 Å². The zero-order valence-electron chi connectivity index (χ0n) is 12.8. The van der Waals surface area contributed by atoms with E-state index in [1.807, 2.05) is 0 Å². The topological polar surface area (TPSA) is 15.3 Å². The molecule has 0 atom stereocenters. The molecule has 0 aromatic heterocycles. The highest BCUT2D eigenvalue weighted by Gasteiger charge is 2.20. The lowest BCUT2D eigenvalue weighted by Gasteiger charge is -2.31. The molecule has 2 aliphatic rings. The molecule has 0 bridgehead atoms. The Hall–Kier alpha value is -0.860. The molecule has 20 heavy (non-hydrogen) atoms. The number of nitrogens with one attached hydrogen (secondary N) is 1. The lowest BCUT2D eigenvalue weighted by atomic mass is 9.94. The zero-order valence-corrected chi connectivity index (χ0v) is 12.8. The average Bonchev–Trinajstić information content (AvgIpc) is 3.31. The van der Waals surface area contributed by atoms with Gasteiger partial charge in [0.2, 0.25) is 0 Å². The minimum Gasteiger partial charge on any atom is -0.310 e. The van der Waals surface area contributed by atoms with Gasteiger partial charge in [0.15, 0.2) is 0 Å². The Balaban J connectivity index is 1.53. The standard InChI is InChI=1S/C18H28N2/c1-20(18-8-3-2-4-9-18)14-16-7-5-6-15(12-16)13-19-17-10-11-17/h5-7,12,17-19H,2-4,8-11,13-14H2,1H3. The van der Waals surface area contributed by atoms with Crippen molar-refractivity contribution in [1.82, 2.24) is 10.2 Å². The van der Waals surface area contributed by atoms with Gasteiger partial charge >= 0.3 is 0 Å². The molecule has 2 nitrogen and oxygen atoms in total. The fourth-order valence-corrected chi connectivity index (χ4v) is 3.33. The Bertz CT molecular complexity index is 419. The van der Waals surface area contributed by atoms with Crippen molar-refractivity contribution in [3.05, 3.63) is 35.4 Å². The van der Waals surface area contributed by atoms with Gasteiger partial charge in [-0.15, -0.1) is 0 Å². The van der Waals surface area contributed by atoms with E-state index in [4.69, 9.17) is 0 Å². The van der Waals surface area contributed by atoms with Crippen LogP contribution in [0, 0.1) is 0 Å². The predicted octanol–water partition coefficient (Wildman–Crippen LogP) is 3.70. The van der Waals surface area contributed by atoms with E-state index in [1.54, 1.807) is 0 Å². The molecule has 0 aliphatic heterocycles. The highest BCUT2D eigenvalue weighted by molar-refractivity contribution is 5.23. The van der Waals surface area contributed by atoms with Crippen molar-refractivity contribution >= 4 is 0 Å². The second-order valence-electron chi connectivity index (χ2n) is 6.68. The highest BCUT2D eigenvalue weighted by Crippen LogP contribution is 2.23. The summed E-state index contributed by atoms with van der Waals surface area (Å²) in [7, 11) is 2.30. The number of benzene rings is 1. The summed E-state index contributed by atoms with van der Waals surface area (Å²) < 4.78 is 0. The Morgan fingerprint density at radius 2 is 1.80 bits per heavy atom. The molecule has 110 valence electrons. The van der Waals surface area contributed by atoms with Crippen molar-refractivity contribution < 1.29 is 0 Å². The van der Waals surface area contributed by atoms with Gasteiger partial charge in [0.1, 0.15) is 0 Å². The predicted molar refractivity (Wildman–Crippen MR) is 84.6 cm³/mol. The molecule has 0 spiro atoms. The van der Waals surface area contributed by atoms with Gasteiger partial charge in [0.05, 0.1) is 0 Å². The van der Waals surface area contributed by atoms with Gasteiger partial charge < -0.3 is 5.32 Å². The summed E-state index contributed by atoms with van der Waals surface area (Å²) in [5, 5.41) is 3.60. The number of hydrogen-bond donors (Lipinski definition) is 1. The normalized spacial score (nSPS) is 20.5. The SMILES string of the molecule is CN(Cc1cccc(CNC2CC2)c1)C1CCCCC1. The van der Waals surface area contributed by atoms with E-state index in [0.29, 0.717) is 0 Å². The van der Waals surface area contributed by atoms with E-state index in [1.165, 1.54) is 56.1 Å². The minimum atomic E-state index is 0.795. The zero-order chi connectivity index (χ0) is 13.8. The molecule has 2 heteroatoms. The summed E-state index contributed by atoms with van der Waals surface area (Å²) in [5.41, 5.74) is 2.90. The third kappa shape index (κ3) is 4.07. The van der Waals surface area contributed by atoms with Gasteiger partial charge in [-0.25, -0.2) is 0 Å². The first-order chi connectivity index (χ1) is 9.81. The van der Waals surface area contributed by atoms with E-state index in [-0.39, 0.29) is 0 Å². The molecule has 2 fully saturated rings. The van der Waals surface area contributed by atoms with Crippen LogP contribution in [-0.4, -0.2) is 24.0 Å². The van der Waals surface area contributed by atoms with Gasteiger partial charge in [-0.3, -0.25) is 4.90 Å². The maximum Gasteiger partial charge on any atom is 0.0233 e. The summed E-state index contributed by atoms with van der Waals surface area (Å²) in [4.78, 5) is 2.56. The van der Waals surface area contributed by atoms with Crippen LogP contribution in [0.5, 0.6) is 0 Å². The van der Waals surface area contributed by atoms with Crippen LogP contribution in [0.4, 0.5) is 0 Å². The molecule has 2 saturated carbocycles. The van der Waals surface area contributed by atoms with E-state index in [0.717, 1.165) is 25.2 Å². The van der Waals surface area contributed by atoms with E-state index in [2.05, 4.69) is 41.5 Å². The summed E-state index contributed by atoms with van der Waals surface area (Å²) in [6.07, 6.45) is 9.78. The number of nitrogens with zero attached hydrogens (tertiary/aromatic N) is 1. The molecule has 0 radical (unpaired) electrons. The van der Waals surface area contributed by atoms with Crippen LogP contribution in [0.15, 0.2) is 24.3 Å². The summed E-state index contributed by atoms with van der Waals surface area (Å²) in [6.45, 7) is 2.13.